The number of ether oxygens (including phenoxy) is 3. The Morgan fingerprint density at radius 1 is 1.19 bits per heavy atom. The Morgan fingerprint density at radius 2 is 1.85 bits per heavy atom. The third-order valence-electron chi connectivity index (χ3n) is 3.62. The van der Waals surface area contributed by atoms with E-state index >= 15 is 0 Å². The molecule has 0 aliphatic carbocycles. The zero-order valence-corrected chi connectivity index (χ0v) is 15.7. The number of anilines is 2. The number of nitrogens with zero attached hydrogens (tertiary/aromatic N) is 1. The van der Waals surface area contributed by atoms with Crippen molar-refractivity contribution < 1.29 is 32.2 Å². The number of aryl methyl sites for hydroxylation is 1. The molecule has 0 radical (unpaired) electrons. The van der Waals surface area contributed by atoms with Crippen molar-refractivity contribution in [3.05, 3.63) is 35.0 Å². The van der Waals surface area contributed by atoms with Crippen molar-refractivity contribution in [1.82, 2.24) is 0 Å². The highest BCUT2D eigenvalue weighted by Gasteiger charge is 2.33. The zero-order valence-electron chi connectivity index (χ0n) is 14.9. The summed E-state index contributed by atoms with van der Waals surface area (Å²) in [5, 5.41) is 0. The highest BCUT2D eigenvalue weighted by atomic mass is 32.2. The van der Waals surface area contributed by atoms with Gasteiger partial charge in [0.1, 0.15) is 12.4 Å². The predicted molar refractivity (Wildman–Crippen MR) is 94.0 cm³/mol. The first-order valence-electron chi connectivity index (χ1n) is 7.51. The molecule has 1 N–H and O–H groups in total. The van der Waals surface area contributed by atoms with E-state index in [-0.39, 0.29) is 24.6 Å². The molecule has 1 aliphatic rings. The van der Waals surface area contributed by atoms with Gasteiger partial charge in [0.25, 0.3) is 0 Å². The summed E-state index contributed by atoms with van der Waals surface area (Å²) in [6.07, 6.45) is 1.05. The van der Waals surface area contributed by atoms with Crippen LogP contribution in [0.1, 0.15) is 5.56 Å². The molecule has 1 aromatic carbocycles. The van der Waals surface area contributed by atoms with Gasteiger partial charge in [0.05, 0.1) is 32.7 Å². The number of hydrogen-bond donors (Lipinski definition) is 1. The van der Waals surface area contributed by atoms with Crippen molar-refractivity contribution in [2.24, 2.45) is 0 Å². The summed E-state index contributed by atoms with van der Waals surface area (Å²) < 4.78 is 40.0. The fraction of sp³-hybridized carbons (Fsp3) is 0.375. The Kier molecular flexibility index (Phi) is 5.88. The molecule has 0 bridgehead atoms. The van der Waals surface area contributed by atoms with Crippen molar-refractivity contribution in [1.29, 1.82) is 0 Å². The average molecular weight is 384 g/mol. The first kappa shape index (κ1) is 19.7. The molecule has 0 spiro atoms. The van der Waals surface area contributed by atoms with Gasteiger partial charge in [-0.2, -0.15) is 0 Å². The number of esters is 2. The van der Waals surface area contributed by atoms with E-state index in [0.29, 0.717) is 16.9 Å². The summed E-state index contributed by atoms with van der Waals surface area (Å²) in [7, 11) is -0.996. The van der Waals surface area contributed by atoms with Gasteiger partial charge in [0.15, 0.2) is 0 Å². The van der Waals surface area contributed by atoms with E-state index in [2.05, 4.69) is 4.72 Å². The van der Waals surface area contributed by atoms with E-state index in [1.54, 1.807) is 25.1 Å². The Labute approximate surface area is 151 Å². The molecule has 1 heterocycles. The first-order chi connectivity index (χ1) is 12.2. The number of carbonyl (C=O) groups is 2. The molecule has 1 aliphatic heterocycles. The number of nitrogens with one attached hydrogen (secondary N) is 1. The minimum atomic E-state index is -3.42. The molecule has 0 atom stereocenters. The lowest BCUT2D eigenvalue weighted by Crippen LogP contribution is -2.39. The standard InChI is InChI=1S/C16H20N2O7S/c1-10-7-11(17-26(4,21)22)5-6-13(10)18-9-25-8-12(15(19)23-2)14(18)16(20)24-3/h5-7,17H,8-9H2,1-4H3. The second-order valence-electron chi connectivity index (χ2n) is 5.59. The van der Waals surface area contributed by atoms with Crippen molar-refractivity contribution >= 4 is 33.3 Å². The number of methoxy groups -OCH3 is 2. The molecular weight excluding hydrogens is 364 g/mol. The molecule has 9 nitrogen and oxygen atoms in total. The third-order valence-corrected chi connectivity index (χ3v) is 4.23. The van der Waals surface area contributed by atoms with Crippen LogP contribution in [0.2, 0.25) is 0 Å². The van der Waals surface area contributed by atoms with Crippen LogP contribution >= 0.6 is 0 Å². The zero-order chi connectivity index (χ0) is 19.5. The fourth-order valence-corrected chi connectivity index (χ4v) is 3.12. The van der Waals surface area contributed by atoms with Crippen LogP contribution in [-0.2, 0) is 33.8 Å². The van der Waals surface area contributed by atoms with Gasteiger partial charge in [-0.15, -0.1) is 0 Å². The number of sulfonamides is 1. The van der Waals surface area contributed by atoms with Gasteiger partial charge in [0, 0.05) is 11.4 Å². The maximum atomic E-state index is 12.3. The maximum absolute atomic E-state index is 12.3. The summed E-state index contributed by atoms with van der Waals surface area (Å²) in [4.78, 5) is 25.8. The topological polar surface area (TPSA) is 111 Å². The monoisotopic (exact) mass is 384 g/mol. The smallest absolute Gasteiger partial charge is 0.355 e. The summed E-state index contributed by atoms with van der Waals surface area (Å²) in [6.45, 7) is 1.68. The number of benzene rings is 1. The third kappa shape index (κ3) is 4.33. The van der Waals surface area contributed by atoms with E-state index < -0.39 is 22.0 Å². The molecule has 0 unspecified atom stereocenters. The van der Waals surface area contributed by atoms with Crippen LogP contribution in [0.25, 0.3) is 0 Å². The molecule has 0 fully saturated rings. The second kappa shape index (κ2) is 7.75. The lowest BCUT2D eigenvalue weighted by atomic mass is 10.1. The van der Waals surface area contributed by atoms with Crippen LogP contribution in [0.4, 0.5) is 11.4 Å². The summed E-state index contributed by atoms with van der Waals surface area (Å²) in [5.74, 6) is -1.39. The second-order valence-corrected chi connectivity index (χ2v) is 7.34. The van der Waals surface area contributed by atoms with Crippen LogP contribution < -0.4 is 9.62 Å². The Balaban J connectivity index is 2.51. The molecule has 0 saturated heterocycles. The Bertz CT molecular complexity index is 861. The largest absolute Gasteiger partial charge is 0.466 e. The summed E-state index contributed by atoms with van der Waals surface area (Å²) >= 11 is 0. The quantitative estimate of drug-likeness (QED) is 0.741. The number of hydrogen-bond acceptors (Lipinski definition) is 8. The minimum Gasteiger partial charge on any atom is -0.466 e. The van der Waals surface area contributed by atoms with Crippen molar-refractivity contribution in [2.75, 3.05) is 43.4 Å². The lowest BCUT2D eigenvalue weighted by molar-refractivity contribution is -0.140. The van der Waals surface area contributed by atoms with Gasteiger partial charge in [-0.1, -0.05) is 0 Å². The number of rotatable bonds is 5. The molecule has 142 valence electrons. The van der Waals surface area contributed by atoms with Crippen LogP contribution in [0.5, 0.6) is 0 Å². The highest BCUT2D eigenvalue weighted by molar-refractivity contribution is 7.92. The van der Waals surface area contributed by atoms with E-state index in [0.717, 1.165) is 6.26 Å². The minimum absolute atomic E-state index is 0.0185. The molecular formula is C16H20N2O7S. The predicted octanol–water partition coefficient (Wildman–Crippen LogP) is 0.761. The molecule has 26 heavy (non-hydrogen) atoms. The van der Waals surface area contributed by atoms with Crippen LogP contribution in [0, 0.1) is 6.92 Å². The normalized spacial score (nSPS) is 14.8. The van der Waals surface area contributed by atoms with E-state index in [9.17, 15) is 18.0 Å². The van der Waals surface area contributed by atoms with Gasteiger partial charge >= 0.3 is 11.9 Å². The van der Waals surface area contributed by atoms with E-state index in [4.69, 9.17) is 14.2 Å². The summed E-state index contributed by atoms with van der Waals surface area (Å²) in [6, 6.07) is 4.78. The lowest BCUT2D eigenvalue weighted by Gasteiger charge is -2.32. The molecule has 0 saturated carbocycles. The first-order valence-corrected chi connectivity index (χ1v) is 9.40. The van der Waals surface area contributed by atoms with E-state index in [1.807, 2.05) is 0 Å². The van der Waals surface area contributed by atoms with Gasteiger partial charge < -0.3 is 19.1 Å². The molecule has 10 heteroatoms. The van der Waals surface area contributed by atoms with Crippen LogP contribution in [0.15, 0.2) is 29.5 Å². The number of carbonyl (C=O) groups excluding carboxylic acids is 2. The van der Waals surface area contributed by atoms with Gasteiger partial charge in [-0.3, -0.25) is 4.72 Å². The van der Waals surface area contributed by atoms with Gasteiger partial charge in [-0.25, -0.2) is 18.0 Å². The van der Waals surface area contributed by atoms with Crippen molar-refractivity contribution in [3.63, 3.8) is 0 Å². The summed E-state index contributed by atoms with van der Waals surface area (Å²) in [5.41, 5.74) is 1.67. The Morgan fingerprint density at radius 3 is 2.38 bits per heavy atom. The van der Waals surface area contributed by atoms with Crippen molar-refractivity contribution in [2.45, 2.75) is 6.92 Å². The van der Waals surface area contributed by atoms with Gasteiger partial charge in [-0.05, 0) is 30.7 Å². The SMILES string of the molecule is COC(=O)C1=C(C(=O)OC)N(c2ccc(NS(C)(=O)=O)cc2C)COC1. The average Bonchev–Trinajstić information content (AvgIpc) is 2.58. The Hall–Kier alpha value is -2.59. The van der Waals surface area contributed by atoms with Crippen LogP contribution in [-0.4, -0.2) is 54.2 Å². The van der Waals surface area contributed by atoms with Gasteiger partial charge in [0.2, 0.25) is 10.0 Å². The fourth-order valence-electron chi connectivity index (χ4n) is 2.57. The van der Waals surface area contributed by atoms with Crippen molar-refractivity contribution in [3.8, 4) is 0 Å². The molecule has 0 aromatic heterocycles. The van der Waals surface area contributed by atoms with Crippen LogP contribution in [0.3, 0.4) is 0 Å². The molecule has 0 amide bonds. The highest BCUT2D eigenvalue weighted by Crippen LogP contribution is 2.31. The van der Waals surface area contributed by atoms with E-state index in [1.165, 1.54) is 19.1 Å². The maximum Gasteiger partial charge on any atom is 0.355 e. The molecule has 1 aromatic rings. The molecule has 2 rings (SSSR count).